The summed E-state index contributed by atoms with van der Waals surface area (Å²) in [5.41, 5.74) is 2.44. The lowest BCUT2D eigenvalue weighted by atomic mass is 10.2. The summed E-state index contributed by atoms with van der Waals surface area (Å²) >= 11 is 1.32. The van der Waals surface area contributed by atoms with Crippen LogP contribution in [0.25, 0.3) is 22.1 Å². The number of rotatable bonds is 5. The third kappa shape index (κ3) is 3.21. The molecule has 0 bridgehead atoms. The number of aromatic amines is 1. The van der Waals surface area contributed by atoms with Gasteiger partial charge in [0.15, 0.2) is 5.65 Å². The minimum absolute atomic E-state index is 0.0883. The highest BCUT2D eigenvalue weighted by atomic mass is 32.2. The standard InChI is InChI=1S/C17H21N5OS/c1-10(2)22(11(3)4)14(23)9-24-17-19-16-15(20-21-17)12-7-5-6-8-13(12)18-16/h5-8,10-11H,9H2,1-4H3,(H,18,19,21). The molecule has 0 aliphatic carbocycles. The van der Waals surface area contributed by atoms with Crippen molar-refractivity contribution in [3.8, 4) is 0 Å². The molecule has 0 aliphatic heterocycles. The minimum atomic E-state index is 0.0883. The van der Waals surface area contributed by atoms with Gasteiger partial charge in [-0.3, -0.25) is 4.79 Å². The molecular formula is C17H21N5OS. The normalized spacial score (nSPS) is 11.8. The number of nitrogens with zero attached hydrogens (tertiary/aromatic N) is 4. The molecule has 0 fully saturated rings. The fourth-order valence-corrected chi connectivity index (χ4v) is 3.60. The Kier molecular flexibility index (Phi) is 4.71. The number of hydrogen-bond donors (Lipinski definition) is 1. The first-order chi connectivity index (χ1) is 11.5. The van der Waals surface area contributed by atoms with E-state index in [-0.39, 0.29) is 18.0 Å². The topological polar surface area (TPSA) is 74.8 Å². The SMILES string of the molecule is CC(C)N(C(=O)CSc1nnc2c(n1)[nH]c1ccccc12)C(C)C. The van der Waals surface area contributed by atoms with Gasteiger partial charge in [0, 0.05) is 23.0 Å². The van der Waals surface area contributed by atoms with Crippen LogP contribution in [0.4, 0.5) is 0 Å². The Morgan fingerprint density at radius 1 is 1.17 bits per heavy atom. The van der Waals surface area contributed by atoms with E-state index in [1.54, 1.807) is 0 Å². The summed E-state index contributed by atoms with van der Waals surface area (Å²) in [5, 5.41) is 9.95. The zero-order chi connectivity index (χ0) is 17.3. The van der Waals surface area contributed by atoms with Gasteiger partial charge in [0.05, 0.1) is 5.75 Å². The van der Waals surface area contributed by atoms with E-state index in [4.69, 9.17) is 0 Å². The van der Waals surface area contributed by atoms with Crippen LogP contribution in [0.5, 0.6) is 0 Å². The lowest BCUT2D eigenvalue weighted by Crippen LogP contribution is -2.43. The molecule has 1 amide bonds. The molecule has 0 saturated carbocycles. The predicted octanol–water partition coefficient (Wildman–Crippen LogP) is 3.24. The molecule has 7 heteroatoms. The summed E-state index contributed by atoms with van der Waals surface area (Å²) in [4.78, 5) is 22.0. The number of para-hydroxylation sites is 1. The van der Waals surface area contributed by atoms with E-state index in [0.29, 0.717) is 16.6 Å². The van der Waals surface area contributed by atoms with Crippen LogP contribution in [0, 0.1) is 0 Å². The Hall–Kier alpha value is -2.15. The summed E-state index contributed by atoms with van der Waals surface area (Å²) in [5.74, 6) is 0.398. The van der Waals surface area contributed by atoms with Crippen LogP contribution in [-0.4, -0.2) is 48.8 Å². The van der Waals surface area contributed by atoms with Gasteiger partial charge in [-0.2, -0.15) is 0 Å². The van der Waals surface area contributed by atoms with E-state index in [1.165, 1.54) is 11.8 Å². The zero-order valence-electron chi connectivity index (χ0n) is 14.3. The molecule has 126 valence electrons. The van der Waals surface area contributed by atoms with Gasteiger partial charge >= 0.3 is 0 Å². The van der Waals surface area contributed by atoms with E-state index in [0.717, 1.165) is 16.4 Å². The molecule has 3 aromatic rings. The quantitative estimate of drug-likeness (QED) is 0.720. The van der Waals surface area contributed by atoms with E-state index >= 15 is 0 Å². The van der Waals surface area contributed by atoms with Gasteiger partial charge in [-0.15, -0.1) is 10.2 Å². The van der Waals surface area contributed by atoms with Crippen LogP contribution in [0.2, 0.25) is 0 Å². The van der Waals surface area contributed by atoms with Crippen molar-refractivity contribution in [1.29, 1.82) is 0 Å². The molecule has 3 rings (SSSR count). The van der Waals surface area contributed by atoms with Crippen molar-refractivity contribution < 1.29 is 4.79 Å². The van der Waals surface area contributed by atoms with Crippen molar-refractivity contribution >= 4 is 39.7 Å². The molecule has 6 nitrogen and oxygen atoms in total. The lowest BCUT2D eigenvalue weighted by molar-refractivity contribution is -0.131. The summed E-state index contributed by atoms with van der Waals surface area (Å²) < 4.78 is 0. The lowest BCUT2D eigenvalue weighted by Gasteiger charge is -2.30. The monoisotopic (exact) mass is 343 g/mol. The number of amides is 1. The van der Waals surface area contributed by atoms with Gasteiger partial charge in [-0.1, -0.05) is 30.0 Å². The van der Waals surface area contributed by atoms with Gasteiger partial charge < -0.3 is 9.88 Å². The summed E-state index contributed by atoms with van der Waals surface area (Å²) in [6, 6.07) is 8.25. The second-order valence-electron chi connectivity index (χ2n) is 6.24. The smallest absolute Gasteiger partial charge is 0.233 e. The Bertz CT molecular complexity index is 866. The molecule has 2 aromatic heterocycles. The van der Waals surface area contributed by atoms with Crippen molar-refractivity contribution in [2.45, 2.75) is 44.9 Å². The van der Waals surface area contributed by atoms with E-state index < -0.39 is 0 Å². The van der Waals surface area contributed by atoms with E-state index in [2.05, 4.69) is 20.2 Å². The molecule has 0 atom stereocenters. The van der Waals surface area contributed by atoms with Gasteiger partial charge in [-0.25, -0.2) is 4.98 Å². The van der Waals surface area contributed by atoms with Crippen LogP contribution < -0.4 is 0 Å². The summed E-state index contributed by atoms with van der Waals surface area (Å²) in [6.45, 7) is 8.10. The number of carbonyl (C=O) groups is 1. The van der Waals surface area contributed by atoms with Gasteiger partial charge in [-0.05, 0) is 33.8 Å². The first-order valence-corrected chi connectivity index (χ1v) is 9.01. The van der Waals surface area contributed by atoms with Gasteiger partial charge in [0.2, 0.25) is 11.1 Å². The third-order valence-electron chi connectivity index (χ3n) is 3.83. The number of thioether (sulfide) groups is 1. The first kappa shape index (κ1) is 16.7. The molecule has 1 N–H and O–H groups in total. The van der Waals surface area contributed by atoms with Crippen molar-refractivity contribution in [1.82, 2.24) is 25.1 Å². The largest absolute Gasteiger partial charge is 0.338 e. The maximum atomic E-state index is 12.4. The number of benzene rings is 1. The molecule has 2 heterocycles. The van der Waals surface area contributed by atoms with Crippen molar-refractivity contribution in [2.24, 2.45) is 0 Å². The van der Waals surface area contributed by atoms with E-state index in [9.17, 15) is 4.79 Å². The zero-order valence-corrected chi connectivity index (χ0v) is 15.1. The number of nitrogens with one attached hydrogen (secondary N) is 1. The molecule has 0 unspecified atom stereocenters. The van der Waals surface area contributed by atoms with Crippen molar-refractivity contribution in [3.05, 3.63) is 24.3 Å². The second-order valence-corrected chi connectivity index (χ2v) is 7.18. The molecule has 0 saturated heterocycles. The third-order valence-corrected chi connectivity index (χ3v) is 4.65. The second kappa shape index (κ2) is 6.76. The average molecular weight is 343 g/mol. The number of hydrogen-bond acceptors (Lipinski definition) is 5. The fraction of sp³-hybridized carbons (Fsp3) is 0.412. The highest BCUT2D eigenvalue weighted by molar-refractivity contribution is 7.99. The van der Waals surface area contributed by atoms with Gasteiger partial charge in [0.1, 0.15) is 5.52 Å². The van der Waals surface area contributed by atoms with Gasteiger partial charge in [0.25, 0.3) is 0 Å². The highest BCUT2D eigenvalue weighted by Crippen LogP contribution is 2.23. The van der Waals surface area contributed by atoms with Crippen LogP contribution in [0.3, 0.4) is 0 Å². The number of H-pyrrole nitrogens is 1. The van der Waals surface area contributed by atoms with Crippen LogP contribution in [0.15, 0.2) is 29.4 Å². The highest BCUT2D eigenvalue weighted by Gasteiger charge is 2.20. The van der Waals surface area contributed by atoms with E-state index in [1.807, 2.05) is 56.9 Å². The Morgan fingerprint density at radius 2 is 1.88 bits per heavy atom. The van der Waals surface area contributed by atoms with Crippen molar-refractivity contribution in [3.63, 3.8) is 0 Å². The molecular weight excluding hydrogens is 322 g/mol. The first-order valence-electron chi connectivity index (χ1n) is 8.02. The Labute approximate surface area is 145 Å². The van der Waals surface area contributed by atoms with Crippen molar-refractivity contribution in [2.75, 3.05) is 5.75 Å². The Morgan fingerprint density at radius 3 is 2.58 bits per heavy atom. The van der Waals surface area contributed by atoms with Crippen LogP contribution in [0.1, 0.15) is 27.7 Å². The predicted molar refractivity (Wildman–Crippen MR) is 97.0 cm³/mol. The Balaban J connectivity index is 1.78. The van der Waals surface area contributed by atoms with Crippen LogP contribution in [-0.2, 0) is 4.79 Å². The number of fused-ring (bicyclic) bond motifs is 3. The maximum absolute atomic E-state index is 12.4. The molecule has 1 aromatic carbocycles. The number of carbonyl (C=O) groups excluding carboxylic acids is 1. The van der Waals surface area contributed by atoms with Crippen LogP contribution >= 0.6 is 11.8 Å². The molecule has 0 radical (unpaired) electrons. The summed E-state index contributed by atoms with van der Waals surface area (Å²) in [6.07, 6.45) is 0. The summed E-state index contributed by atoms with van der Waals surface area (Å²) in [7, 11) is 0. The fourth-order valence-electron chi connectivity index (χ4n) is 2.94. The number of aromatic nitrogens is 4. The minimum Gasteiger partial charge on any atom is -0.338 e. The maximum Gasteiger partial charge on any atom is 0.233 e. The average Bonchev–Trinajstić information content (AvgIpc) is 2.89. The molecule has 24 heavy (non-hydrogen) atoms. The molecule has 0 spiro atoms. The molecule has 0 aliphatic rings.